The fourth-order valence-corrected chi connectivity index (χ4v) is 9.94. The average molecular weight is 412 g/mol. The van der Waals surface area contributed by atoms with Gasteiger partial charge in [-0.05, 0) is 28.3 Å². The summed E-state index contributed by atoms with van der Waals surface area (Å²) in [5.74, 6) is -0.353. The summed E-state index contributed by atoms with van der Waals surface area (Å²) in [6.07, 6.45) is 0.599. The van der Waals surface area contributed by atoms with E-state index in [0.717, 1.165) is 12.8 Å². The van der Waals surface area contributed by atoms with Crippen LogP contribution in [0.1, 0.15) is 40.0 Å². The third-order valence-corrected chi connectivity index (χ3v) is 11.6. The number of carbonyl (C=O) groups is 1. The van der Waals surface area contributed by atoms with Crippen LogP contribution in [0.3, 0.4) is 0 Å². The summed E-state index contributed by atoms with van der Waals surface area (Å²) in [6.45, 7) is 7.75. The number of hydrogen-bond donors (Lipinski definition) is 0. The number of amides is 1. The normalized spacial score (nSPS) is 24.8. The van der Waals surface area contributed by atoms with Gasteiger partial charge >= 0.3 is 0 Å². The number of hydrogen-bond acceptors (Lipinski definition) is 2. The Kier molecular flexibility index (Phi) is 5.16. The Labute approximate surface area is 174 Å². The molecule has 4 rings (SSSR count). The zero-order chi connectivity index (χ0) is 20.7. The summed E-state index contributed by atoms with van der Waals surface area (Å²) < 4.78 is 21.4. The maximum Gasteiger partial charge on any atom is 0.261 e. The first-order valence-electron chi connectivity index (χ1n) is 10.5. The highest BCUT2D eigenvalue weighted by Crippen LogP contribution is 2.43. The van der Waals surface area contributed by atoms with Gasteiger partial charge in [-0.15, -0.1) is 0 Å². The molecule has 0 spiro atoms. The van der Waals surface area contributed by atoms with Crippen LogP contribution in [-0.4, -0.2) is 44.0 Å². The number of benzene rings is 2. The Morgan fingerprint density at radius 2 is 1.62 bits per heavy atom. The molecule has 0 unspecified atom stereocenters. The molecule has 1 amide bonds. The molecule has 0 N–H and O–H groups in total. The van der Waals surface area contributed by atoms with E-state index >= 15 is 0 Å². The molecule has 5 heteroatoms. The van der Waals surface area contributed by atoms with Crippen LogP contribution in [0.15, 0.2) is 60.7 Å². The lowest BCUT2D eigenvalue weighted by Gasteiger charge is -2.45. The third-order valence-electron chi connectivity index (χ3n) is 6.66. The molecule has 0 saturated carbocycles. The SMILES string of the molecule is CC(C)(C)[Si](OC[C@@]12CCCN1C(=O)[C@H](F)C2)(c1ccccc1)c1ccccc1. The van der Waals surface area contributed by atoms with Gasteiger partial charge in [0.15, 0.2) is 6.17 Å². The monoisotopic (exact) mass is 411 g/mol. The predicted molar refractivity (Wildman–Crippen MR) is 117 cm³/mol. The second kappa shape index (κ2) is 7.37. The van der Waals surface area contributed by atoms with Crippen molar-refractivity contribution < 1.29 is 13.6 Å². The van der Waals surface area contributed by atoms with E-state index in [1.807, 2.05) is 12.1 Å². The van der Waals surface area contributed by atoms with Crippen LogP contribution in [0.5, 0.6) is 0 Å². The van der Waals surface area contributed by atoms with Gasteiger partial charge in [0.1, 0.15) is 0 Å². The highest BCUT2D eigenvalue weighted by Gasteiger charge is 2.57. The molecule has 2 atom stereocenters. The molecule has 2 saturated heterocycles. The van der Waals surface area contributed by atoms with Gasteiger partial charge in [0.2, 0.25) is 0 Å². The first kappa shape index (κ1) is 20.3. The molecule has 2 heterocycles. The van der Waals surface area contributed by atoms with E-state index in [4.69, 9.17) is 4.43 Å². The summed E-state index contributed by atoms with van der Waals surface area (Å²) in [5, 5.41) is 2.29. The van der Waals surface area contributed by atoms with Gasteiger partial charge in [0, 0.05) is 13.0 Å². The molecule has 29 heavy (non-hydrogen) atoms. The summed E-state index contributed by atoms with van der Waals surface area (Å²) in [5.41, 5.74) is -0.496. The van der Waals surface area contributed by atoms with Crippen LogP contribution < -0.4 is 10.4 Å². The minimum atomic E-state index is -2.69. The van der Waals surface area contributed by atoms with Crippen LogP contribution >= 0.6 is 0 Å². The summed E-state index contributed by atoms with van der Waals surface area (Å²) in [6, 6.07) is 20.9. The predicted octanol–water partition coefficient (Wildman–Crippen LogP) is 3.67. The lowest BCUT2D eigenvalue weighted by molar-refractivity contribution is -0.133. The number of alkyl halides is 1. The number of fused-ring (bicyclic) bond motifs is 1. The maximum atomic E-state index is 14.3. The summed E-state index contributed by atoms with van der Waals surface area (Å²) in [7, 11) is -2.69. The lowest BCUT2D eigenvalue weighted by atomic mass is 9.95. The largest absolute Gasteiger partial charge is 0.405 e. The molecule has 2 aliphatic heterocycles. The lowest BCUT2D eigenvalue weighted by Crippen LogP contribution is -2.68. The highest BCUT2D eigenvalue weighted by atomic mass is 28.4. The smallest absolute Gasteiger partial charge is 0.261 e. The zero-order valence-corrected chi connectivity index (χ0v) is 18.5. The van der Waals surface area contributed by atoms with Crippen molar-refractivity contribution in [3.05, 3.63) is 60.7 Å². The van der Waals surface area contributed by atoms with Crippen molar-refractivity contribution in [2.45, 2.75) is 56.8 Å². The van der Waals surface area contributed by atoms with Crippen molar-refractivity contribution in [2.24, 2.45) is 0 Å². The molecule has 2 aromatic carbocycles. The van der Waals surface area contributed by atoms with Crippen molar-refractivity contribution in [1.29, 1.82) is 0 Å². The number of halogens is 1. The fourth-order valence-electron chi connectivity index (χ4n) is 5.30. The van der Waals surface area contributed by atoms with Gasteiger partial charge in [-0.1, -0.05) is 81.4 Å². The molecule has 154 valence electrons. The minimum Gasteiger partial charge on any atom is -0.405 e. The van der Waals surface area contributed by atoms with Gasteiger partial charge in [0.05, 0.1) is 12.1 Å². The Morgan fingerprint density at radius 3 is 2.14 bits per heavy atom. The van der Waals surface area contributed by atoms with Crippen LogP contribution in [0.4, 0.5) is 4.39 Å². The van der Waals surface area contributed by atoms with E-state index in [0.29, 0.717) is 13.2 Å². The van der Waals surface area contributed by atoms with E-state index < -0.39 is 20.0 Å². The molecule has 0 aliphatic carbocycles. The van der Waals surface area contributed by atoms with E-state index in [1.54, 1.807) is 4.90 Å². The number of rotatable bonds is 5. The second-order valence-electron chi connectivity index (χ2n) is 9.44. The minimum absolute atomic E-state index is 0.131. The van der Waals surface area contributed by atoms with Crippen LogP contribution in [0.2, 0.25) is 5.04 Å². The summed E-state index contributed by atoms with van der Waals surface area (Å²) >= 11 is 0. The Bertz CT molecular complexity index is 828. The molecular formula is C24H30FNO2Si. The van der Waals surface area contributed by atoms with Crippen LogP contribution in [0, 0.1) is 0 Å². The average Bonchev–Trinajstić information content (AvgIpc) is 3.21. The molecule has 2 fully saturated rings. The first-order valence-corrected chi connectivity index (χ1v) is 12.4. The molecule has 2 aliphatic rings. The second-order valence-corrected chi connectivity index (χ2v) is 13.7. The Balaban J connectivity index is 1.79. The van der Waals surface area contributed by atoms with Crippen molar-refractivity contribution in [2.75, 3.05) is 13.2 Å². The highest BCUT2D eigenvalue weighted by molar-refractivity contribution is 6.99. The van der Waals surface area contributed by atoms with Gasteiger partial charge in [-0.25, -0.2) is 4.39 Å². The van der Waals surface area contributed by atoms with Gasteiger partial charge < -0.3 is 9.33 Å². The Morgan fingerprint density at radius 1 is 1.07 bits per heavy atom. The molecule has 0 bridgehead atoms. The third kappa shape index (κ3) is 3.24. The molecule has 0 aromatic heterocycles. The van der Waals surface area contributed by atoms with Crippen LogP contribution in [0.25, 0.3) is 0 Å². The zero-order valence-electron chi connectivity index (χ0n) is 17.5. The van der Waals surface area contributed by atoms with Crippen molar-refractivity contribution in [3.8, 4) is 0 Å². The van der Waals surface area contributed by atoms with Gasteiger partial charge in [-0.3, -0.25) is 4.79 Å². The van der Waals surface area contributed by atoms with Crippen LogP contribution in [-0.2, 0) is 9.22 Å². The molecular weight excluding hydrogens is 381 g/mol. The Hall–Kier alpha value is -1.98. The molecule has 0 radical (unpaired) electrons. The quantitative estimate of drug-likeness (QED) is 0.703. The summed E-state index contributed by atoms with van der Waals surface area (Å²) in [4.78, 5) is 14.1. The number of nitrogens with zero attached hydrogens (tertiary/aromatic N) is 1. The van der Waals surface area contributed by atoms with Crippen molar-refractivity contribution in [1.82, 2.24) is 4.90 Å². The topological polar surface area (TPSA) is 29.5 Å². The number of carbonyl (C=O) groups excluding carboxylic acids is 1. The first-order chi connectivity index (χ1) is 13.8. The van der Waals surface area contributed by atoms with Gasteiger partial charge in [-0.2, -0.15) is 0 Å². The van der Waals surface area contributed by atoms with E-state index in [2.05, 4.69) is 69.3 Å². The van der Waals surface area contributed by atoms with Crippen molar-refractivity contribution in [3.63, 3.8) is 0 Å². The fraction of sp³-hybridized carbons (Fsp3) is 0.458. The molecule has 3 nitrogen and oxygen atoms in total. The standard InChI is InChI=1S/C24H30FNO2Si/c1-23(2,3)29(19-11-6-4-7-12-19,20-13-8-5-9-14-20)28-18-24-15-10-16-26(24)22(27)21(25)17-24/h4-9,11-14,21H,10,15-18H2,1-3H3/t21-,24+/m1/s1. The van der Waals surface area contributed by atoms with E-state index in [1.165, 1.54) is 10.4 Å². The van der Waals surface area contributed by atoms with E-state index in [-0.39, 0.29) is 17.4 Å². The maximum absolute atomic E-state index is 14.3. The van der Waals surface area contributed by atoms with Gasteiger partial charge in [0.25, 0.3) is 14.2 Å². The molecule has 2 aromatic rings. The van der Waals surface area contributed by atoms with E-state index in [9.17, 15) is 9.18 Å². The van der Waals surface area contributed by atoms with Crippen molar-refractivity contribution >= 4 is 24.6 Å².